The molecule has 3 heteroatoms. The summed E-state index contributed by atoms with van der Waals surface area (Å²) in [5.74, 6) is 0.877. The van der Waals surface area contributed by atoms with Gasteiger partial charge in [0.2, 0.25) is 0 Å². The van der Waals surface area contributed by atoms with Crippen molar-refractivity contribution >= 4 is 11.6 Å². The molecular formula is C20H25ClO2. The third kappa shape index (κ3) is 6.25. The van der Waals surface area contributed by atoms with Crippen molar-refractivity contribution in [2.45, 2.75) is 39.7 Å². The third-order valence-electron chi connectivity index (χ3n) is 3.57. The summed E-state index contributed by atoms with van der Waals surface area (Å²) in [7, 11) is 0. The van der Waals surface area contributed by atoms with Crippen LogP contribution in [-0.4, -0.2) is 19.3 Å². The molecule has 124 valence electrons. The molecule has 0 saturated carbocycles. The van der Waals surface area contributed by atoms with Gasteiger partial charge in [-0.3, -0.25) is 0 Å². The molecule has 23 heavy (non-hydrogen) atoms. The fraction of sp³-hybridized carbons (Fsp3) is 0.400. The van der Waals surface area contributed by atoms with E-state index in [1.165, 1.54) is 16.7 Å². The van der Waals surface area contributed by atoms with Crippen molar-refractivity contribution in [2.75, 3.05) is 13.2 Å². The van der Waals surface area contributed by atoms with Crippen LogP contribution in [-0.2, 0) is 15.9 Å². The molecule has 0 aromatic heterocycles. The topological polar surface area (TPSA) is 18.5 Å². The lowest BCUT2D eigenvalue weighted by atomic mass is 10.0. The summed E-state index contributed by atoms with van der Waals surface area (Å²) >= 11 is 6.30. The Balaban J connectivity index is 1.94. The Hall–Kier alpha value is -1.51. The standard InChI is InChI=1S/C20H25ClO2/c1-15(2)22-11-12-23-19-6-4-5-17(8-9-19)14-18-13-16(3)7-10-20(18)21/h4,6-10,13,15H,5,11-12,14H2,1-3H3. The van der Waals surface area contributed by atoms with Crippen molar-refractivity contribution in [1.29, 1.82) is 0 Å². The average Bonchev–Trinajstić information content (AvgIpc) is 2.73. The molecule has 1 aromatic carbocycles. The van der Waals surface area contributed by atoms with Gasteiger partial charge in [-0.15, -0.1) is 0 Å². The van der Waals surface area contributed by atoms with Crippen LogP contribution in [0.4, 0.5) is 0 Å². The molecule has 1 aliphatic carbocycles. The highest BCUT2D eigenvalue weighted by molar-refractivity contribution is 6.31. The van der Waals surface area contributed by atoms with Crippen LogP contribution in [0.3, 0.4) is 0 Å². The molecular weight excluding hydrogens is 308 g/mol. The van der Waals surface area contributed by atoms with Gasteiger partial charge in [0.15, 0.2) is 0 Å². The first-order valence-electron chi connectivity index (χ1n) is 8.10. The van der Waals surface area contributed by atoms with Crippen LogP contribution >= 0.6 is 11.6 Å². The zero-order valence-corrected chi connectivity index (χ0v) is 14.9. The van der Waals surface area contributed by atoms with Crippen LogP contribution in [0.25, 0.3) is 0 Å². The molecule has 0 aliphatic heterocycles. The lowest BCUT2D eigenvalue weighted by molar-refractivity contribution is 0.0408. The van der Waals surface area contributed by atoms with E-state index in [2.05, 4.69) is 25.1 Å². The third-order valence-corrected chi connectivity index (χ3v) is 3.94. The smallest absolute Gasteiger partial charge is 0.119 e. The molecule has 0 amide bonds. The van der Waals surface area contributed by atoms with E-state index < -0.39 is 0 Å². The quantitative estimate of drug-likeness (QED) is 0.622. The van der Waals surface area contributed by atoms with Gasteiger partial charge in [-0.1, -0.05) is 47.0 Å². The van der Waals surface area contributed by atoms with Crippen molar-refractivity contribution < 1.29 is 9.47 Å². The van der Waals surface area contributed by atoms with Gasteiger partial charge in [-0.05, 0) is 57.4 Å². The molecule has 0 radical (unpaired) electrons. The Bertz CT molecular complexity index is 612. The SMILES string of the molecule is Cc1ccc(Cl)c(CC2=CC=C(OCCOC(C)C)C=CC2)c1. The maximum atomic E-state index is 6.30. The van der Waals surface area contributed by atoms with E-state index in [0.717, 1.165) is 23.6 Å². The largest absolute Gasteiger partial charge is 0.491 e. The summed E-state index contributed by atoms with van der Waals surface area (Å²) in [6, 6.07) is 6.17. The van der Waals surface area contributed by atoms with Gasteiger partial charge in [0, 0.05) is 5.02 Å². The van der Waals surface area contributed by atoms with Gasteiger partial charge >= 0.3 is 0 Å². The fourth-order valence-corrected chi connectivity index (χ4v) is 2.59. The minimum Gasteiger partial charge on any atom is -0.491 e. The Kier molecular flexibility index (Phi) is 6.94. The van der Waals surface area contributed by atoms with Crippen molar-refractivity contribution in [3.8, 4) is 0 Å². The maximum Gasteiger partial charge on any atom is 0.119 e. The van der Waals surface area contributed by atoms with Gasteiger partial charge in [0.05, 0.1) is 12.7 Å². The highest BCUT2D eigenvalue weighted by atomic mass is 35.5. The average molecular weight is 333 g/mol. The Morgan fingerprint density at radius 2 is 2.00 bits per heavy atom. The van der Waals surface area contributed by atoms with Gasteiger partial charge in [0.1, 0.15) is 12.4 Å². The first-order chi connectivity index (χ1) is 11.0. The van der Waals surface area contributed by atoms with E-state index in [0.29, 0.717) is 13.2 Å². The normalized spacial score (nSPS) is 14.5. The zero-order valence-electron chi connectivity index (χ0n) is 14.1. The minimum absolute atomic E-state index is 0.239. The highest BCUT2D eigenvalue weighted by Gasteiger charge is 2.06. The number of rotatable bonds is 7. The summed E-state index contributed by atoms with van der Waals surface area (Å²) in [4.78, 5) is 0. The second kappa shape index (κ2) is 8.95. The molecule has 0 spiro atoms. The van der Waals surface area contributed by atoms with E-state index in [1.807, 2.05) is 38.1 Å². The van der Waals surface area contributed by atoms with Gasteiger partial charge in [-0.25, -0.2) is 0 Å². The molecule has 0 N–H and O–H groups in total. The monoisotopic (exact) mass is 332 g/mol. The van der Waals surface area contributed by atoms with Crippen LogP contribution < -0.4 is 0 Å². The van der Waals surface area contributed by atoms with Crippen LogP contribution in [0.15, 0.2) is 53.8 Å². The number of ether oxygens (including phenoxy) is 2. The van der Waals surface area contributed by atoms with Gasteiger partial charge in [-0.2, -0.15) is 0 Å². The van der Waals surface area contributed by atoms with E-state index in [9.17, 15) is 0 Å². The molecule has 0 bridgehead atoms. The van der Waals surface area contributed by atoms with Gasteiger partial charge in [0.25, 0.3) is 0 Å². The number of hydrogen-bond acceptors (Lipinski definition) is 2. The maximum absolute atomic E-state index is 6.30. The molecule has 1 aliphatic rings. The predicted molar refractivity (Wildman–Crippen MR) is 96.9 cm³/mol. The van der Waals surface area contributed by atoms with Crippen molar-refractivity contribution in [1.82, 2.24) is 0 Å². The van der Waals surface area contributed by atoms with Crippen LogP contribution in [0.5, 0.6) is 0 Å². The van der Waals surface area contributed by atoms with Gasteiger partial charge < -0.3 is 9.47 Å². The zero-order chi connectivity index (χ0) is 16.7. The van der Waals surface area contributed by atoms with Crippen molar-refractivity contribution in [3.63, 3.8) is 0 Å². The molecule has 2 rings (SSSR count). The molecule has 0 atom stereocenters. The Morgan fingerprint density at radius 1 is 1.17 bits per heavy atom. The highest BCUT2D eigenvalue weighted by Crippen LogP contribution is 2.23. The number of allylic oxidation sites excluding steroid dienone is 5. The first-order valence-corrected chi connectivity index (χ1v) is 8.48. The number of aryl methyl sites for hydroxylation is 1. The summed E-state index contributed by atoms with van der Waals surface area (Å²) < 4.78 is 11.2. The minimum atomic E-state index is 0.239. The molecule has 0 saturated heterocycles. The molecule has 0 heterocycles. The predicted octanol–water partition coefficient (Wildman–Crippen LogP) is 5.40. The Labute approximate surface area is 144 Å². The number of benzene rings is 1. The first kappa shape index (κ1) is 17.8. The van der Waals surface area contributed by atoms with Crippen LogP contribution in [0, 0.1) is 6.92 Å². The Morgan fingerprint density at radius 3 is 2.78 bits per heavy atom. The fourth-order valence-electron chi connectivity index (χ4n) is 2.40. The summed E-state index contributed by atoms with van der Waals surface area (Å²) in [5, 5.41) is 0.830. The lowest BCUT2D eigenvalue weighted by Crippen LogP contribution is -2.09. The number of halogens is 1. The van der Waals surface area contributed by atoms with Crippen LogP contribution in [0.2, 0.25) is 5.02 Å². The van der Waals surface area contributed by atoms with Crippen LogP contribution in [0.1, 0.15) is 31.4 Å². The molecule has 1 aromatic rings. The summed E-state index contributed by atoms with van der Waals surface area (Å²) in [5.41, 5.74) is 3.74. The summed E-state index contributed by atoms with van der Waals surface area (Å²) in [6.07, 6.45) is 10.3. The van der Waals surface area contributed by atoms with E-state index in [4.69, 9.17) is 21.1 Å². The van der Waals surface area contributed by atoms with E-state index in [1.54, 1.807) is 0 Å². The van der Waals surface area contributed by atoms with Crippen molar-refractivity contribution in [3.05, 3.63) is 70.0 Å². The molecule has 0 fully saturated rings. The lowest BCUT2D eigenvalue weighted by Gasteiger charge is -2.09. The van der Waals surface area contributed by atoms with Crippen molar-refractivity contribution in [2.24, 2.45) is 0 Å². The van der Waals surface area contributed by atoms with E-state index >= 15 is 0 Å². The second-order valence-corrected chi connectivity index (χ2v) is 6.45. The molecule has 0 unspecified atom stereocenters. The van der Waals surface area contributed by atoms with E-state index in [-0.39, 0.29) is 6.10 Å². The second-order valence-electron chi connectivity index (χ2n) is 6.04. The molecule has 2 nitrogen and oxygen atoms in total. The summed E-state index contributed by atoms with van der Waals surface area (Å²) in [6.45, 7) is 7.32. The number of hydrogen-bond donors (Lipinski definition) is 0.